The molecule has 6 heteroatoms. The number of aromatic amines is 1. The number of fused-ring (bicyclic) bond motifs is 4. The van der Waals surface area contributed by atoms with Gasteiger partial charge in [-0.1, -0.05) is 23.3 Å². The molecule has 0 amide bonds. The smallest absolute Gasteiger partial charge is 0.0956 e. The molecule has 4 rings (SSSR count). The van der Waals surface area contributed by atoms with Crippen molar-refractivity contribution in [3.8, 4) is 0 Å². The van der Waals surface area contributed by atoms with E-state index < -0.39 is 0 Å². The van der Waals surface area contributed by atoms with Gasteiger partial charge in [0, 0.05) is 34.1 Å². The summed E-state index contributed by atoms with van der Waals surface area (Å²) in [6.45, 7) is 1.60. The van der Waals surface area contributed by atoms with Gasteiger partial charge in [-0.15, -0.1) is 0 Å². The molecule has 1 aromatic heterocycles. The SMILES string of the molecule is [N-]=[N+]=N[C@H]1c2[nH]c3ccccc3c2CCN2OCCC[C@H]12. The monoisotopic (exact) mass is 283 g/mol. The van der Waals surface area contributed by atoms with Crippen LogP contribution in [0.5, 0.6) is 0 Å². The highest BCUT2D eigenvalue weighted by molar-refractivity contribution is 5.85. The summed E-state index contributed by atoms with van der Waals surface area (Å²) in [5.41, 5.74) is 12.4. The third-order valence-electron chi connectivity index (χ3n) is 4.54. The first-order chi connectivity index (χ1) is 10.4. The Balaban J connectivity index is 1.89. The van der Waals surface area contributed by atoms with Crippen molar-refractivity contribution >= 4 is 10.9 Å². The van der Waals surface area contributed by atoms with Crippen LogP contribution >= 0.6 is 0 Å². The van der Waals surface area contributed by atoms with Crippen LogP contribution in [0.15, 0.2) is 29.4 Å². The number of hydrogen-bond donors (Lipinski definition) is 1. The Bertz CT molecular complexity index is 718. The minimum Gasteiger partial charge on any atom is -0.358 e. The predicted molar refractivity (Wildman–Crippen MR) is 79.6 cm³/mol. The molecule has 0 saturated carbocycles. The highest BCUT2D eigenvalue weighted by atomic mass is 16.7. The van der Waals surface area contributed by atoms with Crippen molar-refractivity contribution in [1.29, 1.82) is 0 Å². The summed E-state index contributed by atoms with van der Waals surface area (Å²) in [6, 6.07) is 8.20. The van der Waals surface area contributed by atoms with Crippen molar-refractivity contribution in [3.05, 3.63) is 46.0 Å². The maximum absolute atomic E-state index is 8.99. The molecule has 0 aliphatic carbocycles. The zero-order valence-corrected chi connectivity index (χ0v) is 11.7. The molecule has 2 atom stereocenters. The number of para-hydroxylation sites is 1. The molecule has 0 unspecified atom stereocenters. The van der Waals surface area contributed by atoms with Crippen LogP contribution in [0.25, 0.3) is 21.3 Å². The van der Waals surface area contributed by atoms with Gasteiger partial charge in [-0.3, -0.25) is 4.84 Å². The molecular weight excluding hydrogens is 266 g/mol. The topological polar surface area (TPSA) is 77.0 Å². The molecule has 0 bridgehead atoms. The fourth-order valence-electron chi connectivity index (χ4n) is 3.61. The number of nitrogens with zero attached hydrogens (tertiary/aromatic N) is 4. The van der Waals surface area contributed by atoms with Crippen LogP contribution in [-0.2, 0) is 11.3 Å². The van der Waals surface area contributed by atoms with Gasteiger partial charge in [-0.2, -0.15) is 5.06 Å². The Morgan fingerprint density at radius 1 is 1.38 bits per heavy atom. The van der Waals surface area contributed by atoms with Crippen molar-refractivity contribution < 1.29 is 4.84 Å². The molecule has 0 spiro atoms. The van der Waals surface area contributed by atoms with Gasteiger partial charge in [0.15, 0.2) is 0 Å². The summed E-state index contributed by atoms with van der Waals surface area (Å²) in [5.74, 6) is 0. The number of hydrogen-bond acceptors (Lipinski definition) is 3. The normalized spacial score (nSPS) is 25.7. The number of rotatable bonds is 1. The fourth-order valence-corrected chi connectivity index (χ4v) is 3.61. The zero-order chi connectivity index (χ0) is 14.2. The Labute approximate surface area is 122 Å². The highest BCUT2D eigenvalue weighted by Gasteiger charge is 2.36. The van der Waals surface area contributed by atoms with Crippen molar-refractivity contribution in [2.45, 2.75) is 31.3 Å². The van der Waals surface area contributed by atoms with Gasteiger partial charge in [-0.05, 0) is 36.4 Å². The maximum Gasteiger partial charge on any atom is 0.0956 e. The van der Waals surface area contributed by atoms with Crippen LogP contribution in [-0.4, -0.2) is 29.2 Å². The first-order valence-corrected chi connectivity index (χ1v) is 7.42. The molecule has 6 nitrogen and oxygen atoms in total. The van der Waals surface area contributed by atoms with E-state index in [-0.39, 0.29) is 12.1 Å². The first kappa shape index (κ1) is 12.7. The van der Waals surface area contributed by atoms with Crippen molar-refractivity contribution in [3.63, 3.8) is 0 Å². The summed E-state index contributed by atoms with van der Waals surface area (Å²) < 4.78 is 0. The minimum absolute atomic E-state index is 0.129. The van der Waals surface area contributed by atoms with E-state index in [4.69, 9.17) is 10.4 Å². The van der Waals surface area contributed by atoms with Crippen LogP contribution in [0.3, 0.4) is 0 Å². The largest absolute Gasteiger partial charge is 0.358 e. The highest BCUT2D eigenvalue weighted by Crippen LogP contribution is 2.38. The molecule has 1 saturated heterocycles. The predicted octanol–water partition coefficient (Wildman–Crippen LogP) is 3.47. The first-order valence-electron chi connectivity index (χ1n) is 7.42. The molecule has 2 aliphatic heterocycles. The van der Waals surface area contributed by atoms with Gasteiger partial charge in [0.1, 0.15) is 0 Å². The number of H-pyrrole nitrogens is 1. The number of nitrogens with one attached hydrogen (secondary N) is 1. The third kappa shape index (κ3) is 2.00. The Morgan fingerprint density at radius 3 is 3.19 bits per heavy atom. The second-order valence-electron chi connectivity index (χ2n) is 5.65. The second kappa shape index (κ2) is 5.07. The summed E-state index contributed by atoms with van der Waals surface area (Å²) in [6.07, 6.45) is 2.92. The lowest BCUT2D eigenvalue weighted by Crippen LogP contribution is -2.42. The lowest BCUT2D eigenvalue weighted by Gasteiger charge is -2.35. The number of azide groups is 1. The van der Waals surface area contributed by atoms with Crippen LogP contribution in [0.4, 0.5) is 0 Å². The average molecular weight is 283 g/mol. The number of aromatic nitrogens is 1. The molecule has 1 aromatic carbocycles. The Kier molecular flexibility index (Phi) is 3.07. The maximum atomic E-state index is 8.99. The number of hydroxylamine groups is 2. The lowest BCUT2D eigenvalue weighted by atomic mass is 9.98. The van der Waals surface area contributed by atoms with Crippen LogP contribution < -0.4 is 0 Å². The molecule has 1 N–H and O–H groups in total. The van der Waals surface area contributed by atoms with Crippen LogP contribution in [0.1, 0.15) is 30.1 Å². The van der Waals surface area contributed by atoms with Gasteiger partial charge in [0.2, 0.25) is 0 Å². The van der Waals surface area contributed by atoms with Gasteiger partial charge in [0.25, 0.3) is 0 Å². The summed E-state index contributed by atoms with van der Waals surface area (Å²) in [7, 11) is 0. The molecule has 21 heavy (non-hydrogen) atoms. The molecule has 108 valence electrons. The van der Waals surface area contributed by atoms with E-state index in [1.807, 2.05) is 17.2 Å². The summed E-state index contributed by atoms with van der Waals surface area (Å²) >= 11 is 0. The molecular formula is C15H17N5O. The van der Waals surface area contributed by atoms with Gasteiger partial charge < -0.3 is 4.98 Å². The van der Waals surface area contributed by atoms with Gasteiger partial charge in [0.05, 0.1) is 12.6 Å². The minimum atomic E-state index is -0.208. The summed E-state index contributed by atoms with van der Waals surface area (Å²) in [5, 5.41) is 7.34. The van der Waals surface area contributed by atoms with E-state index in [0.717, 1.165) is 43.6 Å². The van der Waals surface area contributed by atoms with Crippen molar-refractivity contribution in [1.82, 2.24) is 10.0 Å². The molecule has 2 aliphatic rings. The molecule has 3 heterocycles. The Morgan fingerprint density at radius 2 is 2.29 bits per heavy atom. The van der Waals surface area contributed by atoms with Crippen molar-refractivity contribution in [2.75, 3.05) is 13.2 Å². The average Bonchev–Trinajstić information content (AvgIpc) is 2.82. The summed E-state index contributed by atoms with van der Waals surface area (Å²) in [4.78, 5) is 12.3. The lowest BCUT2D eigenvalue weighted by molar-refractivity contribution is -0.213. The Hall–Kier alpha value is -2.01. The molecule has 0 radical (unpaired) electrons. The quantitative estimate of drug-likeness (QED) is 0.494. The molecule has 1 fully saturated rings. The van der Waals surface area contributed by atoms with E-state index in [0.29, 0.717) is 0 Å². The van der Waals surface area contributed by atoms with Crippen LogP contribution in [0.2, 0.25) is 0 Å². The molecule has 2 aromatic rings. The van der Waals surface area contributed by atoms with Crippen molar-refractivity contribution in [2.24, 2.45) is 5.11 Å². The number of benzene rings is 1. The van der Waals surface area contributed by atoms with E-state index in [1.165, 1.54) is 10.9 Å². The van der Waals surface area contributed by atoms with Gasteiger partial charge >= 0.3 is 0 Å². The van der Waals surface area contributed by atoms with E-state index in [2.05, 4.69) is 27.1 Å². The fraction of sp³-hybridized carbons (Fsp3) is 0.467. The van der Waals surface area contributed by atoms with Gasteiger partial charge in [-0.25, -0.2) is 0 Å². The van der Waals surface area contributed by atoms with E-state index in [9.17, 15) is 0 Å². The zero-order valence-electron chi connectivity index (χ0n) is 11.7. The second-order valence-corrected chi connectivity index (χ2v) is 5.65. The van der Waals surface area contributed by atoms with Crippen LogP contribution in [0, 0.1) is 0 Å². The third-order valence-corrected chi connectivity index (χ3v) is 4.54. The van der Waals surface area contributed by atoms with E-state index >= 15 is 0 Å². The standard InChI is InChI=1S/C15H17N5O/c16-19-18-15-13-6-3-9-21-20(13)8-7-11-10-4-1-2-5-12(10)17-14(11)15/h1-2,4-5,13,15,17H,3,6-9H2/t13-,15-/m1/s1. The van der Waals surface area contributed by atoms with E-state index in [1.54, 1.807) is 0 Å².